The fourth-order valence-electron chi connectivity index (χ4n) is 2.33. The average Bonchev–Trinajstić information content (AvgIpc) is 2.45. The van der Waals surface area contributed by atoms with Crippen molar-refractivity contribution < 1.29 is 19.3 Å². The van der Waals surface area contributed by atoms with Crippen LogP contribution in [-0.4, -0.2) is 56.8 Å². The zero-order valence-electron chi connectivity index (χ0n) is 12.8. The van der Waals surface area contributed by atoms with E-state index in [0.29, 0.717) is 32.9 Å². The van der Waals surface area contributed by atoms with Gasteiger partial charge in [0.05, 0.1) is 25.9 Å². The first-order valence-corrected chi connectivity index (χ1v) is 7.42. The van der Waals surface area contributed by atoms with Gasteiger partial charge in [0, 0.05) is 13.1 Å². The smallest absolute Gasteiger partial charge is 0.119 e. The fraction of sp³-hybridized carbons (Fsp3) is 0.625. The molecule has 0 amide bonds. The van der Waals surface area contributed by atoms with Crippen molar-refractivity contribution in [2.75, 3.05) is 39.5 Å². The predicted molar refractivity (Wildman–Crippen MR) is 80.8 cm³/mol. The van der Waals surface area contributed by atoms with Gasteiger partial charge < -0.3 is 24.6 Å². The quantitative estimate of drug-likeness (QED) is 0.787. The molecule has 2 rings (SSSR count). The number of aliphatic hydroxyl groups excluding tert-OH is 1. The monoisotopic (exact) mass is 295 g/mol. The number of hydrogen-bond donors (Lipinski definition) is 2. The van der Waals surface area contributed by atoms with Crippen LogP contribution in [-0.2, 0) is 9.47 Å². The largest absolute Gasteiger partial charge is 0.491 e. The third kappa shape index (κ3) is 6.01. The lowest BCUT2D eigenvalue weighted by Gasteiger charge is -2.23. The SMILES string of the molecule is Cc1cc(C)cc(OCC(O)CNCC2COCCO2)c1. The highest BCUT2D eigenvalue weighted by Gasteiger charge is 2.14. The van der Waals surface area contributed by atoms with Crippen LogP contribution >= 0.6 is 0 Å². The lowest BCUT2D eigenvalue weighted by Crippen LogP contribution is -2.41. The highest BCUT2D eigenvalue weighted by Crippen LogP contribution is 2.16. The van der Waals surface area contributed by atoms with Crippen LogP contribution in [0.3, 0.4) is 0 Å². The first-order chi connectivity index (χ1) is 10.1. The Bertz CT molecular complexity index is 412. The molecule has 5 heteroatoms. The van der Waals surface area contributed by atoms with Gasteiger partial charge in [-0.25, -0.2) is 0 Å². The molecule has 1 saturated heterocycles. The van der Waals surface area contributed by atoms with E-state index in [2.05, 4.69) is 11.4 Å². The predicted octanol–water partition coefficient (Wildman–Crippen LogP) is 1.05. The number of rotatable bonds is 7. The molecule has 0 bridgehead atoms. The van der Waals surface area contributed by atoms with E-state index < -0.39 is 6.10 Å². The van der Waals surface area contributed by atoms with Gasteiger partial charge in [-0.15, -0.1) is 0 Å². The van der Waals surface area contributed by atoms with E-state index >= 15 is 0 Å². The molecule has 1 aromatic rings. The number of aryl methyl sites for hydroxylation is 2. The summed E-state index contributed by atoms with van der Waals surface area (Å²) in [6.45, 7) is 7.42. The van der Waals surface area contributed by atoms with Crippen LogP contribution in [0, 0.1) is 13.8 Å². The lowest BCUT2D eigenvalue weighted by molar-refractivity contribution is -0.0869. The molecule has 0 aliphatic carbocycles. The van der Waals surface area contributed by atoms with Crippen molar-refractivity contribution in [2.24, 2.45) is 0 Å². The number of aliphatic hydroxyl groups is 1. The molecule has 0 aromatic heterocycles. The first-order valence-electron chi connectivity index (χ1n) is 7.42. The van der Waals surface area contributed by atoms with Crippen LogP contribution in [0.25, 0.3) is 0 Å². The van der Waals surface area contributed by atoms with Crippen molar-refractivity contribution in [3.63, 3.8) is 0 Å². The van der Waals surface area contributed by atoms with Crippen LogP contribution in [0.5, 0.6) is 5.75 Å². The Morgan fingerprint density at radius 2 is 2.05 bits per heavy atom. The van der Waals surface area contributed by atoms with Crippen molar-refractivity contribution in [3.8, 4) is 5.75 Å². The molecular weight excluding hydrogens is 270 g/mol. The van der Waals surface area contributed by atoms with Crippen LogP contribution in [0.2, 0.25) is 0 Å². The molecule has 1 heterocycles. The highest BCUT2D eigenvalue weighted by molar-refractivity contribution is 5.32. The minimum Gasteiger partial charge on any atom is -0.491 e. The molecule has 0 radical (unpaired) electrons. The zero-order chi connectivity index (χ0) is 15.1. The summed E-state index contributed by atoms with van der Waals surface area (Å²) in [5, 5.41) is 13.1. The molecule has 0 spiro atoms. The highest BCUT2D eigenvalue weighted by atomic mass is 16.6. The minimum atomic E-state index is -0.546. The lowest BCUT2D eigenvalue weighted by atomic mass is 10.1. The molecular formula is C16H25NO4. The van der Waals surface area contributed by atoms with Gasteiger partial charge >= 0.3 is 0 Å². The Balaban J connectivity index is 1.63. The second-order valence-electron chi connectivity index (χ2n) is 5.51. The summed E-state index contributed by atoms with van der Waals surface area (Å²) in [5.74, 6) is 0.801. The molecule has 1 aliphatic heterocycles. The van der Waals surface area contributed by atoms with E-state index in [1.54, 1.807) is 0 Å². The van der Waals surface area contributed by atoms with Crippen molar-refractivity contribution in [2.45, 2.75) is 26.1 Å². The summed E-state index contributed by atoms with van der Waals surface area (Å²) in [6, 6.07) is 6.04. The van der Waals surface area contributed by atoms with Gasteiger partial charge in [-0.05, 0) is 37.1 Å². The van der Waals surface area contributed by atoms with Crippen molar-refractivity contribution in [1.82, 2.24) is 5.32 Å². The van der Waals surface area contributed by atoms with E-state index in [1.165, 1.54) is 0 Å². The van der Waals surface area contributed by atoms with Crippen molar-refractivity contribution >= 4 is 0 Å². The van der Waals surface area contributed by atoms with Gasteiger partial charge in [0.15, 0.2) is 0 Å². The average molecular weight is 295 g/mol. The maximum Gasteiger partial charge on any atom is 0.119 e. The number of benzene rings is 1. The molecule has 2 unspecified atom stereocenters. The van der Waals surface area contributed by atoms with Crippen LogP contribution in [0.15, 0.2) is 18.2 Å². The maximum absolute atomic E-state index is 9.92. The van der Waals surface area contributed by atoms with E-state index in [-0.39, 0.29) is 12.7 Å². The third-order valence-electron chi connectivity index (χ3n) is 3.27. The summed E-state index contributed by atoms with van der Waals surface area (Å²) in [4.78, 5) is 0. The molecule has 1 fully saturated rings. The van der Waals surface area contributed by atoms with Crippen LogP contribution in [0.1, 0.15) is 11.1 Å². The topological polar surface area (TPSA) is 60.0 Å². The van der Waals surface area contributed by atoms with E-state index in [9.17, 15) is 5.11 Å². The number of hydrogen-bond acceptors (Lipinski definition) is 5. The van der Waals surface area contributed by atoms with Gasteiger partial charge in [0.1, 0.15) is 18.5 Å². The second-order valence-corrected chi connectivity index (χ2v) is 5.51. The Kier molecular flexibility index (Phi) is 6.45. The molecule has 2 atom stereocenters. The van der Waals surface area contributed by atoms with Gasteiger partial charge in [0.2, 0.25) is 0 Å². The first kappa shape index (κ1) is 16.2. The molecule has 1 aromatic carbocycles. The summed E-state index contributed by atoms with van der Waals surface area (Å²) in [5.41, 5.74) is 2.32. The van der Waals surface area contributed by atoms with Gasteiger partial charge in [-0.3, -0.25) is 0 Å². The Hall–Kier alpha value is -1.14. The summed E-state index contributed by atoms with van der Waals surface area (Å²) < 4.78 is 16.5. The van der Waals surface area contributed by atoms with Gasteiger partial charge in [0.25, 0.3) is 0 Å². The number of nitrogens with one attached hydrogen (secondary N) is 1. The minimum absolute atomic E-state index is 0.0753. The van der Waals surface area contributed by atoms with Gasteiger partial charge in [-0.2, -0.15) is 0 Å². The Labute approximate surface area is 126 Å². The second kappa shape index (κ2) is 8.34. The molecule has 1 aliphatic rings. The van der Waals surface area contributed by atoms with E-state index in [1.807, 2.05) is 26.0 Å². The van der Waals surface area contributed by atoms with Crippen molar-refractivity contribution in [1.29, 1.82) is 0 Å². The summed E-state index contributed by atoms with van der Waals surface area (Å²) in [6.07, 6.45) is -0.471. The van der Waals surface area contributed by atoms with Crippen LogP contribution < -0.4 is 10.1 Å². The molecule has 118 valence electrons. The van der Waals surface area contributed by atoms with Gasteiger partial charge in [-0.1, -0.05) is 6.07 Å². The molecule has 21 heavy (non-hydrogen) atoms. The molecule has 2 N–H and O–H groups in total. The summed E-state index contributed by atoms with van der Waals surface area (Å²) >= 11 is 0. The van der Waals surface area contributed by atoms with Crippen molar-refractivity contribution in [3.05, 3.63) is 29.3 Å². The third-order valence-corrected chi connectivity index (χ3v) is 3.27. The maximum atomic E-state index is 9.92. The molecule has 5 nitrogen and oxygen atoms in total. The summed E-state index contributed by atoms with van der Waals surface area (Å²) in [7, 11) is 0. The molecule has 0 saturated carbocycles. The standard InChI is InChI=1S/C16H25NO4/c1-12-5-13(2)7-15(6-12)21-10-14(18)8-17-9-16-11-19-3-4-20-16/h5-7,14,16-18H,3-4,8-11H2,1-2H3. The Morgan fingerprint density at radius 1 is 1.29 bits per heavy atom. The Morgan fingerprint density at radius 3 is 2.71 bits per heavy atom. The zero-order valence-corrected chi connectivity index (χ0v) is 12.8. The number of ether oxygens (including phenoxy) is 3. The normalized spacial score (nSPS) is 20.2. The van der Waals surface area contributed by atoms with E-state index in [0.717, 1.165) is 16.9 Å². The fourth-order valence-corrected chi connectivity index (χ4v) is 2.33. The van der Waals surface area contributed by atoms with Crippen LogP contribution in [0.4, 0.5) is 0 Å². The van der Waals surface area contributed by atoms with E-state index in [4.69, 9.17) is 14.2 Å².